The maximum Gasteiger partial charge on any atom is 0.302 e. The van der Waals surface area contributed by atoms with Gasteiger partial charge in [-0.15, -0.1) is 0 Å². The van der Waals surface area contributed by atoms with E-state index in [1.54, 1.807) is 0 Å². The molecule has 0 aromatic heterocycles. The van der Waals surface area contributed by atoms with E-state index in [0.29, 0.717) is 12.5 Å². The van der Waals surface area contributed by atoms with Gasteiger partial charge in [0.15, 0.2) is 0 Å². The Morgan fingerprint density at radius 3 is 2.67 bits per heavy atom. The molecule has 3 heteroatoms. The molecule has 1 aliphatic carbocycles. The third kappa shape index (κ3) is 2.21. The lowest BCUT2D eigenvalue weighted by Crippen LogP contribution is -2.20. The molecule has 0 aromatic carbocycles. The Kier molecular flexibility index (Phi) is 3.09. The van der Waals surface area contributed by atoms with Crippen LogP contribution >= 0.6 is 0 Å². The molecule has 0 unspecified atom stereocenters. The van der Waals surface area contributed by atoms with Gasteiger partial charge in [-0.25, -0.2) is 0 Å². The van der Waals surface area contributed by atoms with Gasteiger partial charge in [0.25, 0.3) is 0 Å². The number of ether oxygens (including phenoxy) is 1. The van der Waals surface area contributed by atoms with Crippen LogP contribution in [0.15, 0.2) is 0 Å². The van der Waals surface area contributed by atoms with Crippen molar-refractivity contribution in [3.8, 4) is 0 Å². The SMILES string of the molecule is CC(=O)OC[C@@H]1CC[C@@H](O)[C@H]1C. The topological polar surface area (TPSA) is 46.5 Å². The minimum absolute atomic E-state index is 0.203. The van der Waals surface area contributed by atoms with Crippen molar-refractivity contribution < 1.29 is 14.6 Å². The van der Waals surface area contributed by atoms with Crippen LogP contribution in [-0.2, 0) is 9.53 Å². The maximum atomic E-state index is 10.5. The van der Waals surface area contributed by atoms with E-state index < -0.39 is 0 Å². The lowest BCUT2D eigenvalue weighted by atomic mass is 9.98. The molecule has 0 saturated heterocycles. The van der Waals surface area contributed by atoms with Crippen molar-refractivity contribution in [1.82, 2.24) is 0 Å². The molecular weight excluding hydrogens is 156 g/mol. The average molecular weight is 172 g/mol. The van der Waals surface area contributed by atoms with E-state index in [-0.39, 0.29) is 18.0 Å². The van der Waals surface area contributed by atoms with Gasteiger partial charge in [-0.2, -0.15) is 0 Å². The predicted molar refractivity (Wildman–Crippen MR) is 44.5 cm³/mol. The number of carbonyl (C=O) groups is 1. The number of hydrogen-bond donors (Lipinski definition) is 1. The highest BCUT2D eigenvalue weighted by Crippen LogP contribution is 2.31. The molecule has 12 heavy (non-hydrogen) atoms. The third-order valence-electron chi connectivity index (χ3n) is 2.68. The fourth-order valence-corrected chi connectivity index (χ4v) is 1.68. The highest BCUT2D eigenvalue weighted by molar-refractivity contribution is 5.65. The van der Waals surface area contributed by atoms with Crippen LogP contribution in [0.4, 0.5) is 0 Å². The quantitative estimate of drug-likeness (QED) is 0.631. The minimum Gasteiger partial charge on any atom is -0.466 e. The molecule has 1 rings (SSSR count). The largest absolute Gasteiger partial charge is 0.466 e. The van der Waals surface area contributed by atoms with Gasteiger partial charge >= 0.3 is 5.97 Å². The van der Waals surface area contributed by atoms with E-state index in [1.165, 1.54) is 6.92 Å². The van der Waals surface area contributed by atoms with E-state index in [2.05, 4.69) is 0 Å². The van der Waals surface area contributed by atoms with Gasteiger partial charge in [0.2, 0.25) is 0 Å². The summed E-state index contributed by atoms with van der Waals surface area (Å²) in [6.45, 7) is 3.88. The highest BCUT2D eigenvalue weighted by Gasteiger charge is 2.31. The summed E-state index contributed by atoms with van der Waals surface area (Å²) in [6, 6.07) is 0. The van der Waals surface area contributed by atoms with E-state index in [0.717, 1.165) is 12.8 Å². The van der Waals surface area contributed by atoms with Crippen molar-refractivity contribution >= 4 is 5.97 Å². The van der Waals surface area contributed by atoms with Crippen LogP contribution in [0.2, 0.25) is 0 Å². The van der Waals surface area contributed by atoms with Gasteiger partial charge in [-0.05, 0) is 24.7 Å². The Morgan fingerprint density at radius 2 is 2.25 bits per heavy atom. The van der Waals surface area contributed by atoms with Crippen molar-refractivity contribution in [2.24, 2.45) is 11.8 Å². The Morgan fingerprint density at radius 1 is 1.58 bits per heavy atom. The summed E-state index contributed by atoms with van der Waals surface area (Å²) in [7, 11) is 0. The number of aliphatic hydroxyl groups excluding tert-OH is 1. The first-order valence-corrected chi connectivity index (χ1v) is 4.42. The first-order chi connectivity index (χ1) is 5.61. The monoisotopic (exact) mass is 172 g/mol. The van der Waals surface area contributed by atoms with Crippen LogP contribution in [0.5, 0.6) is 0 Å². The summed E-state index contributed by atoms with van der Waals surface area (Å²) in [5.74, 6) is 0.386. The summed E-state index contributed by atoms with van der Waals surface area (Å²) >= 11 is 0. The fraction of sp³-hybridized carbons (Fsp3) is 0.889. The summed E-state index contributed by atoms with van der Waals surface area (Å²) in [5.41, 5.74) is 0. The molecule has 1 N–H and O–H groups in total. The normalized spacial score (nSPS) is 35.1. The van der Waals surface area contributed by atoms with Gasteiger partial charge in [0, 0.05) is 6.92 Å². The molecule has 3 atom stereocenters. The van der Waals surface area contributed by atoms with Crippen LogP contribution in [0, 0.1) is 11.8 Å². The molecule has 70 valence electrons. The van der Waals surface area contributed by atoms with Crippen molar-refractivity contribution in [2.75, 3.05) is 6.61 Å². The summed E-state index contributed by atoms with van der Waals surface area (Å²) < 4.78 is 4.89. The number of carbonyl (C=O) groups excluding carboxylic acids is 1. The Balaban J connectivity index is 2.29. The van der Waals surface area contributed by atoms with Crippen molar-refractivity contribution in [1.29, 1.82) is 0 Å². The zero-order chi connectivity index (χ0) is 9.14. The third-order valence-corrected chi connectivity index (χ3v) is 2.68. The summed E-state index contributed by atoms with van der Waals surface area (Å²) in [4.78, 5) is 10.5. The molecule has 1 aliphatic rings. The molecule has 0 heterocycles. The number of rotatable bonds is 2. The van der Waals surface area contributed by atoms with Gasteiger partial charge in [-0.1, -0.05) is 6.92 Å². The Hall–Kier alpha value is -0.570. The standard InChI is InChI=1S/C9H16O3/c1-6-8(3-4-9(6)11)5-12-7(2)10/h6,8-9,11H,3-5H2,1-2H3/t6-,8-,9+/m0/s1. The van der Waals surface area contributed by atoms with Crippen molar-refractivity contribution in [3.63, 3.8) is 0 Å². The Bertz CT molecular complexity index is 167. The molecule has 1 saturated carbocycles. The minimum atomic E-state index is -0.233. The van der Waals surface area contributed by atoms with Gasteiger partial charge < -0.3 is 9.84 Å². The zero-order valence-electron chi connectivity index (χ0n) is 7.62. The predicted octanol–water partition coefficient (Wildman–Crippen LogP) is 0.957. The van der Waals surface area contributed by atoms with Crippen LogP contribution in [0.3, 0.4) is 0 Å². The lowest BCUT2D eigenvalue weighted by molar-refractivity contribution is -0.142. The van der Waals surface area contributed by atoms with Crippen molar-refractivity contribution in [3.05, 3.63) is 0 Å². The van der Waals surface area contributed by atoms with Gasteiger partial charge in [0.05, 0.1) is 12.7 Å². The molecule has 0 aliphatic heterocycles. The molecule has 3 nitrogen and oxygen atoms in total. The highest BCUT2D eigenvalue weighted by atomic mass is 16.5. The van der Waals surface area contributed by atoms with Gasteiger partial charge in [-0.3, -0.25) is 4.79 Å². The number of esters is 1. The van der Waals surface area contributed by atoms with Crippen LogP contribution in [0.25, 0.3) is 0 Å². The molecule has 0 radical (unpaired) electrons. The van der Waals surface area contributed by atoms with E-state index in [9.17, 15) is 9.90 Å². The molecule has 0 amide bonds. The van der Waals surface area contributed by atoms with E-state index in [4.69, 9.17) is 4.74 Å². The van der Waals surface area contributed by atoms with Crippen molar-refractivity contribution in [2.45, 2.75) is 32.8 Å². The second-order valence-corrected chi connectivity index (χ2v) is 3.57. The molecule has 1 fully saturated rings. The van der Waals surface area contributed by atoms with Crippen LogP contribution in [-0.4, -0.2) is 23.8 Å². The lowest BCUT2D eigenvalue weighted by Gasteiger charge is -2.16. The van der Waals surface area contributed by atoms with E-state index >= 15 is 0 Å². The average Bonchev–Trinajstić information content (AvgIpc) is 2.30. The first-order valence-electron chi connectivity index (χ1n) is 4.42. The number of hydrogen-bond acceptors (Lipinski definition) is 3. The zero-order valence-corrected chi connectivity index (χ0v) is 7.62. The summed E-state index contributed by atoms with van der Waals surface area (Å²) in [6.07, 6.45) is 1.61. The molecule has 0 aromatic rings. The fourth-order valence-electron chi connectivity index (χ4n) is 1.68. The van der Waals surface area contributed by atoms with Crippen LogP contribution in [0.1, 0.15) is 26.7 Å². The van der Waals surface area contributed by atoms with Crippen LogP contribution < -0.4 is 0 Å². The number of aliphatic hydroxyl groups is 1. The van der Waals surface area contributed by atoms with Gasteiger partial charge in [0.1, 0.15) is 0 Å². The first kappa shape index (κ1) is 9.52. The molecule has 0 bridgehead atoms. The van der Waals surface area contributed by atoms with E-state index in [1.807, 2.05) is 6.92 Å². The molecular formula is C9H16O3. The maximum absolute atomic E-state index is 10.5. The molecule has 0 spiro atoms. The second kappa shape index (κ2) is 3.90. The summed E-state index contributed by atoms with van der Waals surface area (Å²) in [5, 5.41) is 9.39. The second-order valence-electron chi connectivity index (χ2n) is 3.57. The smallest absolute Gasteiger partial charge is 0.302 e. The Labute approximate surface area is 72.7 Å².